The number of rotatable bonds is 0. The van der Waals surface area contributed by atoms with Gasteiger partial charge in [0.15, 0.2) is 0 Å². The van der Waals surface area contributed by atoms with Crippen molar-refractivity contribution in [2.75, 3.05) is 0 Å². The van der Waals surface area contributed by atoms with E-state index < -0.39 is 8.07 Å². The van der Waals surface area contributed by atoms with Crippen LogP contribution in [0, 0.1) is 0 Å². The summed E-state index contributed by atoms with van der Waals surface area (Å²) in [4.78, 5) is 0. The van der Waals surface area contributed by atoms with Crippen LogP contribution in [0.25, 0.3) is 60.5 Å². The molecule has 5 heterocycles. The molecular weight excluding hydrogens is 396 g/mol. The molecule has 0 atom stereocenters. The van der Waals surface area contributed by atoms with Crippen LogP contribution in [0.5, 0.6) is 0 Å². The summed E-state index contributed by atoms with van der Waals surface area (Å²) in [7, 11) is 0.349. The number of hydrogen-bond donors (Lipinski definition) is 0. The summed E-state index contributed by atoms with van der Waals surface area (Å²) >= 11 is 0. The van der Waals surface area contributed by atoms with Gasteiger partial charge in [0.25, 0.3) is 0 Å². The molecule has 3 aromatic carbocycles. The van der Waals surface area contributed by atoms with E-state index in [2.05, 4.69) is 89.8 Å². The summed E-state index contributed by atoms with van der Waals surface area (Å²) in [5.74, 6) is 0. The fourth-order valence-electron chi connectivity index (χ4n) is 6.47. The second-order valence-corrected chi connectivity index (χ2v) is 13.8. The molecule has 4 heteroatoms. The van der Waals surface area contributed by atoms with Gasteiger partial charge in [-0.2, -0.15) is 0 Å². The summed E-state index contributed by atoms with van der Waals surface area (Å²) in [6.07, 6.45) is 1.85. The summed E-state index contributed by atoms with van der Waals surface area (Å²) in [6, 6.07) is 22.5. The van der Waals surface area contributed by atoms with Crippen LogP contribution in [0.3, 0.4) is 0 Å². The fourth-order valence-corrected chi connectivity index (χ4v) is 9.84. The van der Waals surface area contributed by atoms with Gasteiger partial charge in [0.2, 0.25) is 5.71 Å². The highest BCUT2D eigenvalue weighted by molar-refractivity contribution is 7.05. The summed E-state index contributed by atoms with van der Waals surface area (Å²) in [5.41, 5.74) is 7.54. The first-order valence-corrected chi connectivity index (χ1v) is 13.9. The maximum Gasteiger partial charge on any atom is 0.212 e. The molecule has 0 saturated heterocycles. The van der Waals surface area contributed by atoms with E-state index in [9.17, 15) is 0 Å². The van der Waals surface area contributed by atoms with Crippen LogP contribution < -0.4 is 10.4 Å². The van der Waals surface area contributed by atoms with Gasteiger partial charge in [-0.25, -0.2) is 0 Å². The van der Waals surface area contributed by atoms with Crippen LogP contribution in [0.2, 0.25) is 13.1 Å². The lowest BCUT2D eigenvalue weighted by atomic mass is 10.1. The van der Waals surface area contributed by atoms with E-state index in [4.69, 9.17) is 4.42 Å². The first-order valence-electron chi connectivity index (χ1n) is 10.9. The molecule has 0 fully saturated rings. The largest absolute Gasteiger partial charge is 0.447 e. The fraction of sp³-hybridized carbons (Fsp3) is 0.111. The van der Waals surface area contributed by atoms with Gasteiger partial charge in [0, 0.05) is 34.1 Å². The second kappa shape index (κ2) is 4.87. The average Bonchev–Trinajstić information content (AvgIpc) is 3.48. The molecule has 0 bridgehead atoms. The van der Waals surface area contributed by atoms with E-state index in [1.54, 1.807) is 5.19 Å². The van der Waals surface area contributed by atoms with Crippen molar-refractivity contribution in [1.29, 1.82) is 0 Å². The Balaban J connectivity index is 1.84. The quantitative estimate of drug-likeness (QED) is 0.290. The van der Waals surface area contributed by atoms with Gasteiger partial charge in [-0.1, -0.05) is 55.6 Å². The van der Waals surface area contributed by atoms with Crippen molar-refractivity contribution >= 4 is 67.6 Å². The lowest BCUT2D eigenvalue weighted by Gasteiger charge is -2.18. The Kier molecular flexibility index (Phi) is 2.55. The zero-order chi connectivity index (χ0) is 20.6. The van der Waals surface area contributed by atoms with Crippen molar-refractivity contribution in [3.8, 4) is 11.3 Å². The first-order chi connectivity index (χ1) is 15.1. The molecular formula is C27H20N2OSi. The predicted octanol–water partition coefficient (Wildman–Crippen LogP) is 5.72. The number of furan rings is 1. The van der Waals surface area contributed by atoms with E-state index in [1.165, 1.54) is 59.9 Å². The van der Waals surface area contributed by atoms with E-state index in [1.807, 2.05) is 6.26 Å². The average molecular weight is 417 g/mol. The molecule has 1 aliphatic rings. The van der Waals surface area contributed by atoms with Gasteiger partial charge in [-0.15, -0.1) is 0 Å². The highest BCUT2D eigenvalue weighted by atomic mass is 28.3. The van der Waals surface area contributed by atoms with Crippen molar-refractivity contribution in [2.45, 2.75) is 13.1 Å². The molecule has 0 N–H and O–H groups in total. The van der Waals surface area contributed by atoms with Gasteiger partial charge in [-0.05, 0) is 39.5 Å². The molecule has 1 aliphatic heterocycles. The monoisotopic (exact) mass is 416 g/mol. The molecule has 31 heavy (non-hydrogen) atoms. The van der Waals surface area contributed by atoms with Gasteiger partial charge in [0.05, 0.1) is 23.0 Å². The molecule has 4 aromatic heterocycles. The molecule has 3 nitrogen and oxygen atoms in total. The topological polar surface area (TPSA) is 22.5 Å². The molecule has 8 rings (SSSR count). The number of hydrogen-bond acceptors (Lipinski definition) is 1. The van der Waals surface area contributed by atoms with Crippen molar-refractivity contribution < 1.29 is 4.42 Å². The Morgan fingerprint density at radius 1 is 0.774 bits per heavy atom. The Morgan fingerprint density at radius 2 is 1.61 bits per heavy atom. The SMILES string of the molecule is Cn1c2cccc3c4ccoc4n4c5c(c6ccc1c(c32)c64)[Si](C)(C)c1ccccc1-5. The minimum absolute atomic E-state index is 0.951. The maximum atomic E-state index is 6.26. The molecule has 0 saturated carbocycles. The van der Waals surface area contributed by atoms with Crippen LogP contribution in [0.15, 0.2) is 71.3 Å². The van der Waals surface area contributed by atoms with Gasteiger partial charge in [0.1, 0.15) is 8.07 Å². The van der Waals surface area contributed by atoms with E-state index in [0.717, 1.165) is 5.71 Å². The highest BCUT2D eigenvalue weighted by Crippen LogP contribution is 2.44. The number of aryl methyl sites for hydroxylation is 1. The predicted molar refractivity (Wildman–Crippen MR) is 132 cm³/mol. The van der Waals surface area contributed by atoms with Crippen molar-refractivity contribution in [3.05, 3.63) is 66.9 Å². The number of aromatic nitrogens is 2. The smallest absolute Gasteiger partial charge is 0.212 e. The lowest BCUT2D eigenvalue weighted by molar-refractivity contribution is 0.599. The van der Waals surface area contributed by atoms with Crippen LogP contribution >= 0.6 is 0 Å². The van der Waals surface area contributed by atoms with Crippen LogP contribution in [-0.2, 0) is 7.05 Å². The van der Waals surface area contributed by atoms with Crippen LogP contribution in [-0.4, -0.2) is 17.0 Å². The third-order valence-electron chi connectivity index (χ3n) is 7.74. The Labute approximate surface area is 179 Å². The van der Waals surface area contributed by atoms with Gasteiger partial charge >= 0.3 is 0 Å². The van der Waals surface area contributed by atoms with Crippen molar-refractivity contribution in [2.24, 2.45) is 7.05 Å². The standard InChI is InChI=1S/C27H20N2OSi/c1-28-19-9-6-8-15-16-13-14-30-27(16)29-24-18(11-12-20(28)23(24)22(15)19)26-25(29)17-7-4-5-10-21(17)31(26,2)3/h4-14H,1-3H3. The highest BCUT2D eigenvalue weighted by Gasteiger charge is 2.42. The minimum Gasteiger partial charge on any atom is -0.447 e. The molecule has 0 spiro atoms. The maximum absolute atomic E-state index is 6.26. The third-order valence-corrected chi connectivity index (χ3v) is 11.3. The summed E-state index contributed by atoms with van der Waals surface area (Å²) in [5, 5.41) is 9.60. The number of nitrogens with zero attached hydrogens (tertiary/aromatic N) is 2. The zero-order valence-electron chi connectivity index (χ0n) is 17.7. The van der Waals surface area contributed by atoms with E-state index >= 15 is 0 Å². The Morgan fingerprint density at radius 3 is 2.52 bits per heavy atom. The third kappa shape index (κ3) is 1.57. The molecule has 0 radical (unpaired) electrons. The molecule has 7 aromatic rings. The number of benzene rings is 3. The molecule has 0 amide bonds. The van der Waals surface area contributed by atoms with Crippen LogP contribution in [0.4, 0.5) is 0 Å². The first kappa shape index (κ1) is 16.2. The molecule has 0 unspecified atom stereocenters. The molecule has 0 aliphatic carbocycles. The summed E-state index contributed by atoms with van der Waals surface area (Å²) in [6.45, 7) is 4.99. The zero-order valence-corrected chi connectivity index (χ0v) is 18.7. The van der Waals surface area contributed by atoms with E-state index in [-0.39, 0.29) is 0 Å². The molecule has 148 valence electrons. The van der Waals surface area contributed by atoms with Gasteiger partial charge in [-0.3, -0.25) is 4.40 Å². The van der Waals surface area contributed by atoms with Gasteiger partial charge < -0.3 is 8.98 Å². The van der Waals surface area contributed by atoms with Crippen molar-refractivity contribution in [1.82, 2.24) is 8.97 Å². The normalized spacial score (nSPS) is 15.2. The lowest BCUT2D eigenvalue weighted by Crippen LogP contribution is -2.49. The van der Waals surface area contributed by atoms with Crippen molar-refractivity contribution in [3.63, 3.8) is 0 Å². The minimum atomic E-state index is -1.84. The second-order valence-electron chi connectivity index (χ2n) is 9.48. The Hall–Kier alpha value is -3.50. The van der Waals surface area contributed by atoms with Crippen LogP contribution in [0.1, 0.15) is 0 Å². The summed E-state index contributed by atoms with van der Waals surface area (Å²) < 4.78 is 11.0. The Bertz CT molecular complexity index is 1880. The number of fused-ring (bicyclic) bond motifs is 8. The van der Waals surface area contributed by atoms with E-state index in [0.29, 0.717) is 0 Å².